The second-order valence-corrected chi connectivity index (χ2v) is 11.6. The lowest BCUT2D eigenvalue weighted by Gasteiger charge is -2.24. The molecule has 0 atom stereocenters. The van der Waals surface area contributed by atoms with Gasteiger partial charge in [0, 0.05) is 48.7 Å². The third-order valence-electron chi connectivity index (χ3n) is 8.57. The number of methoxy groups -OCH3 is 4. The number of benzene rings is 4. The predicted octanol–water partition coefficient (Wildman–Crippen LogP) is 4.18. The Morgan fingerprint density at radius 1 is 0.571 bits per heavy atom. The Labute approximate surface area is 286 Å². The van der Waals surface area contributed by atoms with Gasteiger partial charge < -0.3 is 51.2 Å². The topological polar surface area (TPSA) is 193 Å². The van der Waals surface area contributed by atoms with Crippen LogP contribution in [0.4, 0.5) is 11.4 Å². The maximum Gasteiger partial charge on any atom is 0.254 e. The molecular weight excluding hydrogens is 628 g/mol. The molecule has 0 bridgehead atoms. The molecule has 0 unspecified atom stereocenters. The first kappa shape index (κ1) is 38.0. The highest BCUT2D eigenvalue weighted by Crippen LogP contribution is 2.39. The first-order valence-electron chi connectivity index (χ1n) is 15.4. The van der Waals surface area contributed by atoms with Gasteiger partial charge >= 0.3 is 0 Å². The minimum atomic E-state index is -0.153. The molecule has 262 valence electrons. The van der Waals surface area contributed by atoms with E-state index < -0.39 is 0 Å². The summed E-state index contributed by atoms with van der Waals surface area (Å²) >= 11 is 0. The van der Waals surface area contributed by atoms with E-state index in [0.717, 1.165) is 33.4 Å². The van der Waals surface area contributed by atoms with Gasteiger partial charge in [-0.3, -0.25) is 9.59 Å². The molecule has 1 fully saturated rings. The molecule has 2 amide bonds. The minimum Gasteiger partial charge on any atom is -0.493 e. The molecule has 1 aliphatic rings. The van der Waals surface area contributed by atoms with E-state index in [2.05, 4.69) is 0 Å². The van der Waals surface area contributed by atoms with Crippen LogP contribution < -0.4 is 30.4 Å². The van der Waals surface area contributed by atoms with Crippen LogP contribution in [0.2, 0.25) is 0 Å². The van der Waals surface area contributed by atoms with Crippen molar-refractivity contribution in [3.05, 3.63) is 82.9 Å². The molecule has 0 radical (unpaired) electrons. The first-order chi connectivity index (χ1) is 22.6. The number of ether oxygens (including phenoxy) is 4. The van der Waals surface area contributed by atoms with Crippen LogP contribution in [0.1, 0.15) is 38.3 Å². The molecule has 0 saturated carbocycles. The van der Waals surface area contributed by atoms with Crippen LogP contribution >= 0.6 is 0 Å². The maximum atomic E-state index is 14.1. The number of carbonyl (C=O) groups is 2. The van der Waals surface area contributed by atoms with Crippen LogP contribution in [0.5, 0.6) is 23.0 Å². The van der Waals surface area contributed by atoms with Gasteiger partial charge in [-0.05, 0) is 102 Å². The SMILES string of the molecule is COc1cc(-c2ccc(N)cc2C(=O)N2CCCN(C(=O)c3cc(N)ccc3-c3cc(C)c(OC)c(OC)c3)CC2)cc(C)c1OC.O.O. The average molecular weight is 675 g/mol. The second-order valence-electron chi connectivity index (χ2n) is 11.6. The molecule has 1 aliphatic heterocycles. The number of nitrogens with two attached hydrogens (primary N) is 2. The fourth-order valence-corrected chi connectivity index (χ4v) is 6.27. The lowest BCUT2D eigenvalue weighted by molar-refractivity contribution is 0.0719. The molecule has 12 nitrogen and oxygen atoms in total. The summed E-state index contributed by atoms with van der Waals surface area (Å²) in [5.41, 5.74) is 19.2. The molecule has 0 aromatic heterocycles. The van der Waals surface area contributed by atoms with Gasteiger partial charge in [0.25, 0.3) is 11.8 Å². The van der Waals surface area contributed by atoms with Gasteiger partial charge in [0.15, 0.2) is 23.0 Å². The second kappa shape index (κ2) is 16.1. The van der Waals surface area contributed by atoms with E-state index >= 15 is 0 Å². The van der Waals surface area contributed by atoms with E-state index in [4.69, 9.17) is 30.4 Å². The minimum absolute atomic E-state index is 0. The van der Waals surface area contributed by atoms with Crippen molar-refractivity contribution in [2.24, 2.45) is 0 Å². The summed E-state index contributed by atoms with van der Waals surface area (Å²) in [5.74, 6) is 2.12. The van der Waals surface area contributed by atoms with Gasteiger partial charge in [-0.25, -0.2) is 0 Å². The first-order valence-corrected chi connectivity index (χ1v) is 15.4. The fraction of sp³-hybridized carbons (Fsp3) is 0.297. The van der Waals surface area contributed by atoms with Crippen molar-refractivity contribution in [3.63, 3.8) is 0 Å². The summed E-state index contributed by atoms with van der Waals surface area (Å²) in [4.78, 5) is 31.8. The largest absolute Gasteiger partial charge is 0.493 e. The Morgan fingerprint density at radius 2 is 0.959 bits per heavy atom. The zero-order valence-corrected chi connectivity index (χ0v) is 28.8. The smallest absolute Gasteiger partial charge is 0.254 e. The number of anilines is 2. The van der Waals surface area contributed by atoms with Gasteiger partial charge in [0.05, 0.1) is 28.4 Å². The van der Waals surface area contributed by atoms with Crippen molar-refractivity contribution in [1.29, 1.82) is 0 Å². The molecule has 0 spiro atoms. The Kier molecular flexibility index (Phi) is 12.5. The Morgan fingerprint density at radius 3 is 1.31 bits per heavy atom. The number of hydrogen-bond acceptors (Lipinski definition) is 8. The van der Waals surface area contributed by atoms with Crippen molar-refractivity contribution >= 4 is 23.2 Å². The number of rotatable bonds is 8. The summed E-state index contributed by atoms with van der Waals surface area (Å²) in [6, 6.07) is 18.4. The third-order valence-corrected chi connectivity index (χ3v) is 8.57. The third kappa shape index (κ3) is 7.66. The molecular formula is C37H46N4O8. The number of aryl methyl sites for hydroxylation is 2. The molecule has 8 N–H and O–H groups in total. The average Bonchev–Trinajstić information content (AvgIpc) is 3.33. The number of nitrogens with zero attached hydrogens (tertiary/aromatic N) is 2. The zero-order valence-electron chi connectivity index (χ0n) is 28.8. The van der Waals surface area contributed by atoms with Crippen LogP contribution in [0.25, 0.3) is 22.3 Å². The molecule has 1 saturated heterocycles. The molecule has 4 aromatic carbocycles. The van der Waals surface area contributed by atoms with Gasteiger partial charge in [-0.2, -0.15) is 0 Å². The van der Waals surface area contributed by atoms with E-state index in [9.17, 15) is 9.59 Å². The molecule has 12 heteroatoms. The van der Waals surface area contributed by atoms with Crippen molar-refractivity contribution in [3.8, 4) is 45.3 Å². The normalized spacial score (nSPS) is 12.6. The molecule has 0 aliphatic carbocycles. The van der Waals surface area contributed by atoms with Crippen molar-refractivity contribution < 1.29 is 39.5 Å². The van der Waals surface area contributed by atoms with E-state index in [1.165, 1.54) is 0 Å². The Hall–Kier alpha value is -5.46. The van der Waals surface area contributed by atoms with Crippen molar-refractivity contribution in [1.82, 2.24) is 9.80 Å². The monoisotopic (exact) mass is 674 g/mol. The standard InChI is InChI=1S/C37H42N4O6.2H2O/c1-22-16-24(18-32(44-3)34(22)46-5)28-10-8-26(38)20-30(28)36(42)40-12-7-13-41(15-14-40)37(43)31-21-27(39)9-11-29(31)25-17-23(2)35(47-6)33(19-25)45-4;;/h8-11,16-21H,7,12-15,38-39H2,1-6H3;2*1H2. The Balaban J connectivity index is 0.00000325. The lowest BCUT2D eigenvalue weighted by atomic mass is 9.96. The van der Waals surface area contributed by atoms with Crippen LogP contribution in [-0.4, -0.2) is 87.2 Å². The van der Waals surface area contributed by atoms with Crippen LogP contribution in [0.3, 0.4) is 0 Å². The summed E-state index contributed by atoms with van der Waals surface area (Å²) in [6.45, 7) is 5.55. The van der Waals surface area contributed by atoms with Gasteiger partial charge in [-0.1, -0.05) is 12.1 Å². The van der Waals surface area contributed by atoms with Gasteiger partial charge in [-0.15, -0.1) is 0 Å². The van der Waals surface area contributed by atoms with E-state index in [1.54, 1.807) is 62.5 Å². The molecule has 4 aromatic rings. The van der Waals surface area contributed by atoms with Crippen molar-refractivity contribution in [2.75, 3.05) is 66.1 Å². The molecule has 49 heavy (non-hydrogen) atoms. The Bertz CT molecular complexity index is 1700. The highest BCUT2D eigenvalue weighted by Gasteiger charge is 2.27. The highest BCUT2D eigenvalue weighted by molar-refractivity contribution is 6.03. The molecule has 5 rings (SSSR count). The maximum absolute atomic E-state index is 14.1. The lowest BCUT2D eigenvalue weighted by Crippen LogP contribution is -2.37. The number of carbonyl (C=O) groups excluding carboxylic acids is 2. The quantitative estimate of drug-likeness (QED) is 0.260. The van der Waals surface area contributed by atoms with Crippen LogP contribution in [0.15, 0.2) is 60.7 Å². The van der Waals surface area contributed by atoms with Gasteiger partial charge in [0.1, 0.15) is 0 Å². The summed E-state index contributed by atoms with van der Waals surface area (Å²) < 4.78 is 22.2. The van der Waals surface area contributed by atoms with E-state index in [-0.39, 0.29) is 22.8 Å². The number of nitrogen functional groups attached to an aromatic ring is 2. The summed E-state index contributed by atoms with van der Waals surface area (Å²) in [5, 5.41) is 0. The van der Waals surface area contributed by atoms with Gasteiger partial charge in [0.2, 0.25) is 0 Å². The summed E-state index contributed by atoms with van der Waals surface area (Å²) in [7, 11) is 6.37. The predicted molar refractivity (Wildman–Crippen MR) is 192 cm³/mol. The van der Waals surface area contributed by atoms with E-state index in [0.29, 0.717) is 78.1 Å². The number of hydrogen-bond donors (Lipinski definition) is 2. The van der Waals surface area contributed by atoms with E-state index in [1.807, 2.05) is 50.2 Å². The van der Waals surface area contributed by atoms with Crippen LogP contribution in [0, 0.1) is 13.8 Å². The highest BCUT2D eigenvalue weighted by atomic mass is 16.5. The van der Waals surface area contributed by atoms with Crippen molar-refractivity contribution in [2.45, 2.75) is 20.3 Å². The fourth-order valence-electron chi connectivity index (χ4n) is 6.27. The molecule has 1 heterocycles. The van der Waals surface area contributed by atoms with Crippen LogP contribution in [-0.2, 0) is 0 Å². The number of amides is 2. The summed E-state index contributed by atoms with van der Waals surface area (Å²) in [6.07, 6.45) is 0.609. The zero-order chi connectivity index (χ0) is 33.8.